The number of amides is 17. The minimum Gasteiger partial charge on any atom is -0.493 e. The van der Waals surface area contributed by atoms with E-state index < -0.39 is 150 Å². The molecule has 4 aromatic rings. The lowest BCUT2D eigenvalue weighted by atomic mass is 10.1. The molecule has 8 heterocycles. The zero-order chi connectivity index (χ0) is 100. The highest BCUT2D eigenvalue weighted by Gasteiger charge is 2.44. The first-order chi connectivity index (χ1) is 66.9. The van der Waals surface area contributed by atoms with E-state index >= 15 is 0 Å². The molecule has 0 unspecified atom stereocenters. The molecule has 0 saturated carbocycles. The molecule has 4 aromatic carbocycles. The van der Waals surface area contributed by atoms with Crippen LogP contribution >= 0.6 is 0 Å². The number of anilines is 4. The first-order valence-electron chi connectivity index (χ1n) is 46.1. The molecule has 44 nitrogen and oxygen atoms in total. The fourth-order valence-corrected chi connectivity index (χ4v) is 15.6. The van der Waals surface area contributed by atoms with Crippen molar-refractivity contribution in [1.29, 1.82) is 0 Å². The number of carbonyl (C=O) groups excluding carboxylic acids is 17. The van der Waals surface area contributed by atoms with E-state index in [0.717, 1.165) is 41.0 Å². The van der Waals surface area contributed by atoms with Gasteiger partial charge in [0.15, 0.2) is 23.0 Å². The second-order valence-corrected chi connectivity index (χ2v) is 33.6. The number of ether oxygens (including phenoxy) is 11. The Kier molecular flexibility index (Phi) is 41.7. The van der Waals surface area contributed by atoms with Crippen molar-refractivity contribution in [2.24, 2.45) is 0 Å². The van der Waals surface area contributed by atoms with Crippen LogP contribution in [0.15, 0.2) is 109 Å². The van der Waals surface area contributed by atoms with Crippen molar-refractivity contribution in [3.63, 3.8) is 0 Å². The second-order valence-electron chi connectivity index (χ2n) is 33.6. The second kappa shape index (κ2) is 54.1. The van der Waals surface area contributed by atoms with Crippen LogP contribution in [0.25, 0.3) is 0 Å². The molecule has 2 saturated heterocycles. The molecule has 0 aromatic heterocycles. The van der Waals surface area contributed by atoms with Crippen molar-refractivity contribution in [3.8, 4) is 23.0 Å². The lowest BCUT2D eigenvalue weighted by Crippen LogP contribution is -2.51. The van der Waals surface area contributed by atoms with Crippen LogP contribution in [0.3, 0.4) is 0 Å². The molecule has 139 heavy (non-hydrogen) atoms. The van der Waals surface area contributed by atoms with Gasteiger partial charge in [-0.3, -0.25) is 86.6 Å². The maximum Gasteiger partial charge on any atom is 0.414 e. The standard InChI is InChI=1S/C95H124N16O28/c1-58-45-66-54-110-73-50-77(75(131-7)47-68(73)92(125)108(66)52-58)136-36-12-37-137-78-51-74-69(48-76(78)132-8)93(126)109-53-59(2)46-67(109)55-111(74)95(128)139-57-63-15-19-65(20-16-63)103-91(124)71(22-24-80(113)97-31-41-135-44-43-130-6)106-88(121)61(4)100-82(115)28-38-133-40-32-98-84(117)49-72(104-81(114)27-34-107-85(118)25-26-86(107)119)89(122)99-33-42-134-39-29-83(116)101-60(3)87(120)105-70(21-23-79(112)96-30-10-9-11-35-129-5)90(123)102-64-17-13-62(14-18-64)56-138-94(110)127/h13-20,25-26,47-48,50-51,60-61,66-67,70-72H,1-2,9-12,21-24,27-46,49,52-57H2,3-8H3,(H,96,112)(H,97,113)(H,98,117)(H,99,122)(H,100,115)(H,101,116)(H,102,123)(H,103,124)(H,104,114)(H,105,120)(H,106,121)/t60-,61-,66-,67-,70-,71-,72-/m0/s1. The number of fused-ring (bicyclic) bond motifs is 4. The number of nitrogens with zero attached hydrogens (tertiary/aromatic N) is 5. The van der Waals surface area contributed by atoms with Crippen LogP contribution in [0.2, 0.25) is 0 Å². The number of nitrogens with one attached hydrogen (secondary N) is 11. The van der Waals surface area contributed by atoms with Gasteiger partial charge in [0.05, 0.1) is 128 Å². The van der Waals surface area contributed by atoms with Gasteiger partial charge in [-0.1, -0.05) is 48.6 Å². The fraction of sp³-hybridized carbons (Fsp3) is 0.505. The van der Waals surface area contributed by atoms with Gasteiger partial charge in [-0.25, -0.2) is 9.59 Å². The number of rotatable bonds is 24. The maximum absolute atomic E-state index is 14.6. The van der Waals surface area contributed by atoms with Crippen LogP contribution < -0.4 is 87.2 Å². The molecule has 11 N–H and O–H groups in total. The molecule has 8 bridgehead atoms. The topological polar surface area (TPSA) is 540 Å². The quantitative estimate of drug-likeness (QED) is 0.0273. The van der Waals surface area contributed by atoms with Gasteiger partial charge >= 0.3 is 12.2 Å². The summed E-state index contributed by atoms with van der Waals surface area (Å²) >= 11 is 0. The summed E-state index contributed by atoms with van der Waals surface area (Å²) in [5, 5.41) is 29.0. The van der Waals surface area contributed by atoms with Crippen LogP contribution in [0.1, 0.15) is 136 Å². The van der Waals surface area contributed by atoms with Gasteiger partial charge in [0, 0.05) is 141 Å². The Bertz CT molecular complexity index is 5000. The molecule has 44 heteroatoms. The van der Waals surface area contributed by atoms with Crippen LogP contribution in [0, 0.1) is 0 Å². The van der Waals surface area contributed by atoms with Gasteiger partial charge in [-0.05, 0) is 106 Å². The Labute approximate surface area is 803 Å². The van der Waals surface area contributed by atoms with E-state index in [1.807, 2.05) is 0 Å². The first-order valence-corrected chi connectivity index (χ1v) is 46.1. The van der Waals surface area contributed by atoms with E-state index in [9.17, 15) is 81.5 Å². The summed E-state index contributed by atoms with van der Waals surface area (Å²) in [4.78, 5) is 239. The average Bonchev–Trinajstić information content (AvgIpc) is 1.63. The van der Waals surface area contributed by atoms with Crippen molar-refractivity contribution < 1.29 is 134 Å². The summed E-state index contributed by atoms with van der Waals surface area (Å²) in [6.45, 7) is 11.2. The number of hydrogen-bond donors (Lipinski definition) is 11. The normalized spacial score (nSPS) is 21.2. The monoisotopic (exact) mass is 1940 g/mol. The largest absolute Gasteiger partial charge is 0.493 e. The van der Waals surface area contributed by atoms with Crippen molar-refractivity contribution in [2.75, 3.05) is 174 Å². The molecule has 0 radical (unpaired) electrons. The lowest BCUT2D eigenvalue weighted by Gasteiger charge is -2.26. The first kappa shape index (κ1) is 107. The number of imide groups is 1. The molecule has 752 valence electrons. The Morgan fingerprint density at radius 2 is 0.950 bits per heavy atom. The Morgan fingerprint density at radius 1 is 0.475 bits per heavy atom. The molecular formula is C95H124N16O28. The van der Waals surface area contributed by atoms with E-state index in [0.29, 0.717) is 50.1 Å². The van der Waals surface area contributed by atoms with Gasteiger partial charge in [0.25, 0.3) is 23.6 Å². The summed E-state index contributed by atoms with van der Waals surface area (Å²) in [6.07, 6.45) is 1.20. The van der Waals surface area contributed by atoms with Crippen LogP contribution in [0.4, 0.5) is 32.3 Å². The van der Waals surface area contributed by atoms with Crippen LogP contribution in [0.5, 0.6) is 23.0 Å². The SMILES string of the molecule is C=C1C[C@H]2CN3C(=O)OCc4ccc(cc4)NC(=O)[C@H](CCC(=O)NCCOCCOC)NC(=O)[C@H](C)NC(=O)CCOCCNC(=O)C[C@H](NC(=O)CCN4C(=O)C=CC4=O)C(=O)NCCOCCC(=O)N[C@@H](C)C(=O)N[C@@H](CCC(=O)NCCCCCOC)C(=O)Nc4ccc(cc4)COC(=O)N4C[C@@H]5CC(=C)CN5C(=O)c5cc(OC)c(cc54)OCCCOc4cc3c(cc4OC)C(=O)N2C1. The third kappa shape index (κ3) is 32.5. The molecule has 8 aliphatic heterocycles. The van der Waals surface area contributed by atoms with Crippen LogP contribution in [-0.2, 0) is 109 Å². The smallest absolute Gasteiger partial charge is 0.414 e. The van der Waals surface area contributed by atoms with Gasteiger partial charge in [-0.2, -0.15) is 0 Å². The highest BCUT2D eigenvalue weighted by atomic mass is 16.6. The Balaban J connectivity index is 0.851. The predicted molar refractivity (Wildman–Crippen MR) is 500 cm³/mol. The molecule has 2 fully saturated rings. The summed E-state index contributed by atoms with van der Waals surface area (Å²) in [5.74, 6) is -9.01. The fourth-order valence-electron chi connectivity index (χ4n) is 15.6. The summed E-state index contributed by atoms with van der Waals surface area (Å²) in [5.41, 5.74) is 3.55. The van der Waals surface area contributed by atoms with E-state index in [1.54, 1.807) is 41.2 Å². The van der Waals surface area contributed by atoms with E-state index in [2.05, 4.69) is 71.6 Å². The zero-order valence-electron chi connectivity index (χ0n) is 79.0. The maximum atomic E-state index is 14.6. The Hall–Kier alpha value is -14.1. The van der Waals surface area contributed by atoms with Gasteiger partial charge in [0.1, 0.15) is 43.4 Å². The van der Waals surface area contributed by atoms with Gasteiger partial charge in [-0.15, -0.1) is 0 Å². The molecule has 0 aliphatic carbocycles. The number of benzene rings is 4. The van der Waals surface area contributed by atoms with Crippen molar-refractivity contribution in [3.05, 3.63) is 132 Å². The highest BCUT2D eigenvalue weighted by Crippen LogP contribution is 2.43. The van der Waals surface area contributed by atoms with Crippen LogP contribution in [-0.4, -0.2) is 311 Å². The number of hydrogen-bond acceptors (Lipinski definition) is 28. The molecular weight excluding hydrogens is 1810 g/mol. The minimum absolute atomic E-state index is 0.000440. The molecule has 17 amide bonds. The number of carbonyl (C=O) groups is 17. The third-order valence-electron chi connectivity index (χ3n) is 23.1. The van der Waals surface area contributed by atoms with E-state index in [1.165, 1.54) is 93.5 Å². The van der Waals surface area contributed by atoms with E-state index in [-0.39, 0.29) is 226 Å². The molecule has 0 spiro atoms. The lowest BCUT2D eigenvalue weighted by molar-refractivity contribution is -0.138. The highest BCUT2D eigenvalue weighted by molar-refractivity contribution is 6.13. The summed E-state index contributed by atoms with van der Waals surface area (Å²) in [6, 6.07) is 10.9. The minimum atomic E-state index is -1.52. The number of unbranched alkanes of at least 4 members (excludes halogenated alkanes) is 2. The average molecular weight is 1940 g/mol. The Morgan fingerprint density at radius 3 is 1.42 bits per heavy atom. The molecule has 7 atom stereocenters. The van der Waals surface area contributed by atoms with Crippen molar-refractivity contribution >= 4 is 124 Å². The molecule has 12 rings (SSSR count). The summed E-state index contributed by atoms with van der Waals surface area (Å²) < 4.78 is 63.0. The van der Waals surface area contributed by atoms with Crippen molar-refractivity contribution in [2.45, 2.75) is 159 Å². The third-order valence-corrected chi connectivity index (χ3v) is 23.1. The van der Waals surface area contributed by atoms with Gasteiger partial charge < -0.3 is 120 Å². The van der Waals surface area contributed by atoms with Gasteiger partial charge in [0.2, 0.25) is 65.0 Å². The van der Waals surface area contributed by atoms with Crippen molar-refractivity contribution in [1.82, 2.24) is 62.6 Å². The zero-order valence-corrected chi connectivity index (χ0v) is 79.0. The molecule has 8 aliphatic rings. The predicted octanol–water partition coefficient (Wildman–Crippen LogP) is 2.78. The van der Waals surface area contributed by atoms with E-state index in [4.69, 9.17) is 52.1 Å². The summed E-state index contributed by atoms with van der Waals surface area (Å²) in [7, 11) is 5.91. The number of methoxy groups -OCH3 is 4.